The monoisotopic (exact) mass is 304 g/mol. The number of pyridine rings is 1. The molecule has 0 aromatic carbocycles. The van der Waals surface area contributed by atoms with Gasteiger partial charge in [0.25, 0.3) is 0 Å². The molecule has 0 spiro atoms. The predicted molar refractivity (Wildman–Crippen MR) is 79.2 cm³/mol. The standard InChI is InChI=1S/C14H16N4O2S/c1-10-6-13(11-4-3-5-15-7-11)17-14(16-10)12-8-18(9-12)21(2,19)20/h3-7,12H,8-9H2,1-2H3. The van der Waals surface area contributed by atoms with E-state index in [0.717, 1.165) is 17.0 Å². The highest BCUT2D eigenvalue weighted by atomic mass is 32.2. The van der Waals surface area contributed by atoms with E-state index in [1.165, 1.54) is 10.6 Å². The van der Waals surface area contributed by atoms with Crippen molar-refractivity contribution in [2.75, 3.05) is 19.3 Å². The van der Waals surface area contributed by atoms with Gasteiger partial charge >= 0.3 is 0 Å². The summed E-state index contributed by atoms with van der Waals surface area (Å²) in [6.45, 7) is 2.82. The molecule has 0 saturated carbocycles. The van der Waals surface area contributed by atoms with Crippen LogP contribution in [0.15, 0.2) is 30.6 Å². The topological polar surface area (TPSA) is 76.1 Å². The Kier molecular flexibility index (Phi) is 3.46. The van der Waals surface area contributed by atoms with Gasteiger partial charge in [-0.25, -0.2) is 22.7 Å². The maximum Gasteiger partial charge on any atom is 0.211 e. The number of aryl methyl sites for hydroxylation is 1. The van der Waals surface area contributed by atoms with Crippen LogP contribution in [0.25, 0.3) is 11.3 Å². The normalized spacial score (nSPS) is 16.7. The van der Waals surface area contributed by atoms with E-state index >= 15 is 0 Å². The average Bonchev–Trinajstić information content (AvgIpc) is 2.35. The Balaban J connectivity index is 1.87. The highest BCUT2D eigenvalue weighted by Crippen LogP contribution is 2.28. The summed E-state index contributed by atoms with van der Waals surface area (Å²) in [5.74, 6) is 0.767. The molecule has 1 saturated heterocycles. The number of rotatable bonds is 3. The minimum absolute atomic E-state index is 0.0649. The second-order valence-corrected chi connectivity index (χ2v) is 7.25. The minimum Gasteiger partial charge on any atom is -0.264 e. The Bertz CT molecular complexity index is 756. The molecule has 1 aliphatic rings. The highest BCUT2D eigenvalue weighted by Gasteiger charge is 2.36. The third-order valence-corrected chi connectivity index (χ3v) is 4.75. The smallest absolute Gasteiger partial charge is 0.211 e. The number of sulfonamides is 1. The molecule has 21 heavy (non-hydrogen) atoms. The molecule has 0 unspecified atom stereocenters. The van der Waals surface area contributed by atoms with Crippen molar-refractivity contribution in [1.29, 1.82) is 0 Å². The molecule has 0 radical (unpaired) electrons. The number of nitrogens with zero attached hydrogens (tertiary/aromatic N) is 4. The van der Waals surface area contributed by atoms with Gasteiger partial charge in [-0.1, -0.05) is 0 Å². The van der Waals surface area contributed by atoms with Gasteiger partial charge in [0, 0.05) is 42.7 Å². The van der Waals surface area contributed by atoms with Crippen LogP contribution in [0.1, 0.15) is 17.4 Å². The molecule has 2 aromatic heterocycles. The molecule has 110 valence electrons. The fourth-order valence-electron chi connectivity index (χ4n) is 2.31. The van der Waals surface area contributed by atoms with Gasteiger partial charge in [0.1, 0.15) is 5.82 Å². The lowest BCUT2D eigenvalue weighted by Crippen LogP contribution is -2.48. The summed E-state index contributed by atoms with van der Waals surface area (Å²) >= 11 is 0. The van der Waals surface area contributed by atoms with Crippen molar-refractivity contribution in [3.63, 3.8) is 0 Å². The van der Waals surface area contributed by atoms with Crippen LogP contribution in [0.3, 0.4) is 0 Å². The summed E-state index contributed by atoms with van der Waals surface area (Å²) in [6.07, 6.45) is 4.70. The molecule has 3 rings (SSSR count). The molecule has 0 aliphatic carbocycles. The Hall–Kier alpha value is -1.86. The van der Waals surface area contributed by atoms with Crippen molar-refractivity contribution in [3.8, 4) is 11.3 Å². The van der Waals surface area contributed by atoms with Gasteiger partial charge in [-0.2, -0.15) is 0 Å². The average molecular weight is 304 g/mol. The Labute approximate surface area is 123 Å². The zero-order valence-corrected chi connectivity index (χ0v) is 12.7. The quantitative estimate of drug-likeness (QED) is 0.852. The second kappa shape index (κ2) is 5.16. The molecule has 0 bridgehead atoms. The molecule has 0 amide bonds. The summed E-state index contributed by atoms with van der Waals surface area (Å²) < 4.78 is 24.3. The van der Waals surface area contributed by atoms with E-state index in [9.17, 15) is 8.42 Å². The van der Waals surface area contributed by atoms with Gasteiger partial charge in [-0.05, 0) is 25.1 Å². The van der Waals surface area contributed by atoms with Crippen molar-refractivity contribution in [2.45, 2.75) is 12.8 Å². The van der Waals surface area contributed by atoms with Gasteiger partial charge in [-0.15, -0.1) is 0 Å². The first-order valence-electron chi connectivity index (χ1n) is 6.64. The molecule has 0 atom stereocenters. The second-order valence-electron chi connectivity index (χ2n) is 5.27. The molecular formula is C14H16N4O2S. The SMILES string of the molecule is Cc1cc(-c2cccnc2)nc(C2CN(S(C)(=O)=O)C2)n1. The van der Waals surface area contributed by atoms with E-state index in [0.29, 0.717) is 18.9 Å². The van der Waals surface area contributed by atoms with Crippen LogP contribution in [-0.2, 0) is 10.0 Å². The van der Waals surface area contributed by atoms with E-state index in [1.807, 2.05) is 25.1 Å². The minimum atomic E-state index is -3.11. The summed E-state index contributed by atoms with van der Waals surface area (Å²) in [5.41, 5.74) is 2.63. The largest absolute Gasteiger partial charge is 0.264 e. The maximum absolute atomic E-state index is 11.4. The van der Waals surface area contributed by atoms with E-state index < -0.39 is 10.0 Å². The van der Waals surface area contributed by atoms with Crippen LogP contribution in [-0.4, -0.2) is 47.0 Å². The van der Waals surface area contributed by atoms with E-state index in [4.69, 9.17) is 0 Å². The van der Waals surface area contributed by atoms with Gasteiger partial charge in [-0.3, -0.25) is 4.98 Å². The maximum atomic E-state index is 11.4. The Morgan fingerprint density at radius 3 is 2.67 bits per heavy atom. The van der Waals surface area contributed by atoms with Gasteiger partial charge in [0.05, 0.1) is 11.9 Å². The first kappa shape index (κ1) is 14.1. The summed E-state index contributed by atoms with van der Waals surface area (Å²) in [7, 11) is -3.11. The van der Waals surface area contributed by atoms with Crippen LogP contribution in [0, 0.1) is 6.92 Å². The fraction of sp³-hybridized carbons (Fsp3) is 0.357. The van der Waals surface area contributed by atoms with Crippen LogP contribution >= 0.6 is 0 Å². The van der Waals surface area contributed by atoms with E-state index in [1.54, 1.807) is 12.4 Å². The van der Waals surface area contributed by atoms with Gasteiger partial charge < -0.3 is 0 Å². The zero-order chi connectivity index (χ0) is 15.0. The van der Waals surface area contributed by atoms with Crippen LogP contribution < -0.4 is 0 Å². The molecule has 1 fully saturated rings. The lowest BCUT2D eigenvalue weighted by Gasteiger charge is -2.36. The molecule has 7 heteroatoms. The van der Waals surface area contributed by atoms with Crippen LogP contribution in [0.5, 0.6) is 0 Å². The van der Waals surface area contributed by atoms with Crippen molar-refractivity contribution >= 4 is 10.0 Å². The third kappa shape index (κ3) is 2.93. The zero-order valence-electron chi connectivity index (χ0n) is 11.9. The van der Waals surface area contributed by atoms with Crippen molar-refractivity contribution in [2.24, 2.45) is 0 Å². The van der Waals surface area contributed by atoms with Gasteiger partial charge in [0.2, 0.25) is 10.0 Å². The molecule has 3 heterocycles. The van der Waals surface area contributed by atoms with Crippen molar-refractivity contribution < 1.29 is 8.42 Å². The lowest BCUT2D eigenvalue weighted by atomic mass is 10.0. The summed E-state index contributed by atoms with van der Waals surface area (Å²) in [5, 5.41) is 0. The highest BCUT2D eigenvalue weighted by molar-refractivity contribution is 7.88. The number of hydrogen-bond acceptors (Lipinski definition) is 5. The van der Waals surface area contributed by atoms with E-state index in [-0.39, 0.29) is 5.92 Å². The third-order valence-electron chi connectivity index (χ3n) is 3.51. The van der Waals surface area contributed by atoms with Crippen molar-refractivity contribution in [3.05, 3.63) is 42.1 Å². The molecule has 6 nitrogen and oxygen atoms in total. The Morgan fingerprint density at radius 1 is 1.29 bits per heavy atom. The molecule has 1 aliphatic heterocycles. The molecular weight excluding hydrogens is 288 g/mol. The summed E-state index contributed by atoms with van der Waals surface area (Å²) in [6, 6.07) is 5.72. The Morgan fingerprint density at radius 2 is 2.05 bits per heavy atom. The van der Waals surface area contributed by atoms with Crippen LogP contribution in [0.4, 0.5) is 0 Å². The molecule has 0 N–H and O–H groups in total. The van der Waals surface area contributed by atoms with E-state index in [2.05, 4.69) is 15.0 Å². The lowest BCUT2D eigenvalue weighted by molar-refractivity contribution is 0.257. The fourth-order valence-corrected chi connectivity index (χ4v) is 3.21. The first-order valence-corrected chi connectivity index (χ1v) is 8.49. The number of aromatic nitrogens is 3. The summed E-state index contributed by atoms with van der Waals surface area (Å²) in [4.78, 5) is 13.1. The molecule has 2 aromatic rings. The number of hydrogen-bond donors (Lipinski definition) is 0. The van der Waals surface area contributed by atoms with Crippen LogP contribution in [0.2, 0.25) is 0 Å². The first-order chi connectivity index (χ1) is 9.93. The van der Waals surface area contributed by atoms with Gasteiger partial charge in [0.15, 0.2) is 0 Å². The van der Waals surface area contributed by atoms with Crippen molar-refractivity contribution in [1.82, 2.24) is 19.3 Å². The predicted octanol–water partition coefficient (Wildman–Crippen LogP) is 1.21.